The molecule has 1 aliphatic heterocycles. The molecule has 3 rings (SSSR count). The van der Waals surface area contributed by atoms with Crippen molar-refractivity contribution in [3.63, 3.8) is 0 Å². The molecule has 1 saturated heterocycles. The normalized spacial score (nSPS) is 19.6. The van der Waals surface area contributed by atoms with Crippen molar-refractivity contribution in [3.05, 3.63) is 28.2 Å². The van der Waals surface area contributed by atoms with Gasteiger partial charge in [0.25, 0.3) is 0 Å². The van der Waals surface area contributed by atoms with Crippen molar-refractivity contribution >= 4 is 23.2 Å². The molecule has 0 aliphatic carbocycles. The van der Waals surface area contributed by atoms with Gasteiger partial charge in [0.15, 0.2) is 0 Å². The molecule has 7 heteroatoms. The molecule has 0 saturated carbocycles. The number of halogens is 2. The van der Waals surface area contributed by atoms with Crippen LogP contribution in [0, 0.1) is 0 Å². The summed E-state index contributed by atoms with van der Waals surface area (Å²) in [4.78, 5) is 8.50. The zero-order valence-electron chi connectivity index (χ0n) is 10.1. The summed E-state index contributed by atoms with van der Waals surface area (Å²) in [6, 6.07) is 1.74. The summed E-state index contributed by atoms with van der Waals surface area (Å²) in [6.45, 7) is 0.975. The van der Waals surface area contributed by atoms with Gasteiger partial charge in [0.1, 0.15) is 5.69 Å². The van der Waals surface area contributed by atoms with Crippen molar-refractivity contribution in [2.24, 2.45) is 0 Å². The average molecular weight is 299 g/mol. The maximum absolute atomic E-state index is 6.07. The first-order chi connectivity index (χ1) is 9.24. The second-order valence-corrected chi connectivity index (χ2v) is 5.29. The fraction of sp³-hybridized carbons (Fsp3) is 0.417. The van der Waals surface area contributed by atoms with Gasteiger partial charge in [-0.2, -0.15) is 4.98 Å². The summed E-state index contributed by atoms with van der Waals surface area (Å²) >= 11 is 11.9. The predicted octanol–water partition coefficient (Wildman–Crippen LogP) is 3.25. The molecule has 2 aromatic heterocycles. The molecule has 0 radical (unpaired) electrons. The molecule has 3 heterocycles. The van der Waals surface area contributed by atoms with Crippen LogP contribution in [0.3, 0.4) is 0 Å². The second-order valence-electron chi connectivity index (χ2n) is 4.44. The molecule has 1 fully saturated rings. The Kier molecular flexibility index (Phi) is 3.68. The molecule has 0 amide bonds. The number of nitrogens with one attached hydrogen (secondary N) is 1. The molecule has 0 spiro atoms. The third-order valence-electron chi connectivity index (χ3n) is 3.07. The van der Waals surface area contributed by atoms with Crippen LogP contribution < -0.4 is 5.32 Å². The van der Waals surface area contributed by atoms with E-state index in [1.165, 1.54) is 12.6 Å². The summed E-state index contributed by atoms with van der Waals surface area (Å²) in [6.07, 6.45) is 4.86. The first-order valence-corrected chi connectivity index (χ1v) is 6.88. The van der Waals surface area contributed by atoms with Gasteiger partial charge < -0.3 is 9.84 Å². The Hall–Kier alpha value is -1.17. The van der Waals surface area contributed by atoms with Crippen LogP contribution in [0.15, 0.2) is 16.8 Å². The highest BCUT2D eigenvalue weighted by atomic mass is 35.5. The molecule has 1 atom stereocenters. The number of pyridine rings is 1. The van der Waals surface area contributed by atoms with Crippen LogP contribution in [0.5, 0.6) is 0 Å². The molecule has 1 N–H and O–H groups in total. The Morgan fingerprint density at radius 2 is 2.21 bits per heavy atom. The minimum Gasteiger partial charge on any atom is -0.337 e. The SMILES string of the molecule is Clc1cnc(-c2noc([C@@H]3CCCCN3)n2)c(Cl)c1. The van der Waals surface area contributed by atoms with E-state index in [9.17, 15) is 0 Å². The Bertz CT molecular complexity index is 581. The summed E-state index contributed by atoms with van der Waals surface area (Å²) in [5.41, 5.74) is 0.483. The largest absolute Gasteiger partial charge is 0.337 e. The Labute approximate surface area is 120 Å². The highest BCUT2D eigenvalue weighted by Crippen LogP contribution is 2.28. The van der Waals surface area contributed by atoms with Crippen LogP contribution in [0.1, 0.15) is 31.2 Å². The van der Waals surface area contributed by atoms with E-state index in [1.807, 2.05) is 0 Å². The van der Waals surface area contributed by atoms with Gasteiger partial charge >= 0.3 is 0 Å². The maximum atomic E-state index is 6.07. The highest BCUT2D eigenvalue weighted by molar-refractivity contribution is 6.35. The van der Waals surface area contributed by atoms with Crippen LogP contribution in [0.4, 0.5) is 0 Å². The molecule has 19 heavy (non-hydrogen) atoms. The van der Waals surface area contributed by atoms with E-state index >= 15 is 0 Å². The number of hydrogen-bond donors (Lipinski definition) is 1. The number of nitrogens with zero attached hydrogens (tertiary/aromatic N) is 3. The second kappa shape index (κ2) is 5.45. The van der Waals surface area contributed by atoms with Crippen LogP contribution in [0.25, 0.3) is 11.5 Å². The Morgan fingerprint density at radius 1 is 1.32 bits per heavy atom. The van der Waals surface area contributed by atoms with Gasteiger partial charge in [-0.3, -0.25) is 0 Å². The van der Waals surface area contributed by atoms with E-state index in [-0.39, 0.29) is 6.04 Å². The van der Waals surface area contributed by atoms with Crippen LogP contribution >= 0.6 is 23.2 Å². The van der Waals surface area contributed by atoms with Crippen molar-refractivity contribution < 1.29 is 4.52 Å². The Morgan fingerprint density at radius 3 is 2.95 bits per heavy atom. The zero-order valence-corrected chi connectivity index (χ0v) is 11.6. The molecule has 5 nitrogen and oxygen atoms in total. The van der Waals surface area contributed by atoms with E-state index in [1.54, 1.807) is 6.07 Å². The van der Waals surface area contributed by atoms with Gasteiger partial charge in [-0.25, -0.2) is 4.98 Å². The third-order valence-corrected chi connectivity index (χ3v) is 3.56. The average Bonchev–Trinajstić information content (AvgIpc) is 2.89. The van der Waals surface area contributed by atoms with Gasteiger partial charge in [0, 0.05) is 6.20 Å². The fourth-order valence-corrected chi connectivity index (χ4v) is 2.58. The smallest absolute Gasteiger partial charge is 0.244 e. The van der Waals surface area contributed by atoms with Gasteiger partial charge in [-0.1, -0.05) is 34.8 Å². The lowest BCUT2D eigenvalue weighted by atomic mass is 10.1. The van der Waals surface area contributed by atoms with Gasteiger partial charge in [0.2, 0.25) is 11.7 Å². The lowest BCUT2D eigenvalue weighted by Crippen LogP contribution is -2.26. The summed E-state index contributed by atoms with van der Waals surface area (Å²) in [5, 5.41) is 8.18. The highest BCUT2D eigenvalue weighted by Gasteiger charge is 2.22. The van der Waals surface area contributed by atoms with E-state index in [0.29, 0.717) is 27.5 Å². The Balaban J connectivity index is 1.87. The molecular weight excluding hydrogens is 287 g/mol. The van der Waals surface area contributed by atoms with Crippen molar-refractivity contribution in [1.29, 1.82) is 0 Å². The third kappa shape index (κ3) is 2.73. The lowest BCUT2D eigenvalue weighted by molar-refractivity contribution is 0.297. The first kappa shape index (κ1) is 12.8. The monoisotopic (exact) mass is 298 g/mol. The van der Waals surface area contributed by atoms with Crippen molar-refractivity contribution in [3.8, 4) is 11.5 Å². The van der Waals surface area contributed by atoms with Crippen LogP contribution in [-0.2, 0) is 0 Å². The standard InChI is InChI=1S/C12H12Cl2N4O/c13-7-5-8(14)10(16-6-7)11-17-12(19-18-11)9-3-1-2-4-15-9/h5-6,9,15H,1-4H2/t9-/m0/s1. The molecule has 2 aromatic rings. The summed E-state index contributed by atoms with van der Waals surface area (Å²) < 4.78 is 5.29. The quantitative estimate of drug-likeness (QED) is 0.922. The summed E-state index contributed by atoms with van der Waals surface area (Å²) in [5.74, 6) is 0.978. The topological polar surface area (TPSA) is 63.8 Å². The molecular formula is C12H12Cl2N4O. The van der Waals surface area contributed by atoms with E-state index in [0.717, 1.165) is 19.4 Å². The molecule has 1 aliphatic rings. The van der Waals surface area contributed by atoms with Crippen LogP contribution in [-0.4, -0.2) is 21.7 Å². The van der Waals surface area contributed by atoms with Crippen molar-refractivity contribution in [2.75, 3.05) is 6.54 Å². The number of rotatable bonds is 2. The molecule has 0 unspecified atom stereocenters. The van der Waals surface area contributed by atoms with Gasteiger partial charge in [0.05, 0.1) is 16.1 Å². The number of piperidine rings is 1. The van der Waals surface area contributed by atoms with Crippen molar-refractivity contribution in [2.45, 2.75) is 25.3 Å². The van der Waals surface area contributed by atoms with Gasteiger partial charge in [-0.15, -0.1) is 0 Å². The predicted molar refractivity (Wildman–Crippen MR) is 72.1 cm³/mol. The maximum Gasteiger partial charge on any atom is 0.244 e. The van der Waals surface area contributed by atoms with E-state index < -0.39 is 0 Å². The number of hydrogen-bond acceptors (Lipinski definition) is 5. The van der Waals surface area contributed by atoms with E-state index in [2.05, 4.69) is 20.4 Å². The fourth-order valence-electron chi connectivity index (χ4n) is 2.11. The van der Waals surface area contributed by atoms with Crippen LogP contribution in [0.2, 0.25) is 10.0 Å². The summed E-state index contributed by atoms with van der Waals surface area (Å²) in [7, 11) is 0. The zero-order chi connectivity index (χ0) is 13.2. The molecule has 0 aromatic carbocycles. The van der Waals surface area contributed by atoms with Gasteiger partial charge in [-0.05, 0) is 25.5 Å². The molecule has 0 bridgehead atoms. The minimum absolute atomic E-state index is 0.126. The minimum atomic E-state index is 0.126. The van der Waals surface area contributed by atoms with Crippen molar-refractivity contribution in [1.82, 2.24) is 20.4 Å². The number of aromatic nitrogens is 3. The van der Waals surface area contributed by atoms with E-state index in [4.69, 9.17) is 27.7 Å². The molecule has 100 valence electrons. The first-order valence-electron chi connectivity index (χ1n) is 6.12. The lowest BCUT2D eigenvalue weighted by Gasteiger charge is -2.19.